The Labute approximate surface area is 115 Å². The van der Waals surface area contributed by atoms with Crippen LogP contribution in [0.1, 0.15) is 10.6 Å². The van der Waals surface area contributed by atoms with E-state index >= 15 is 0 Å². The molecule has 0 aliphatic carbocycles. The van der Waals surface area contributed by atoms with Gasteiger partial charge in [0.2, 0.25) is 0 Å². The topological polar surface area (TPSA) is 12.9 Å². The van der Waals surface area contributed by atoms with Crippen molar-refractivity contribution in [1.29, 1.82) is 0 Å². The first-order valence-corrected chi connectivity index (χ1v) is 6.98. The molecule has 2 aromatic carbocycles. The van der Waals surface area contributed by atoms with Crippen LogP contribution in [0.3, 0.4) is 0 Å². The SMILES string of the molecule is Cc1nc2c(C)c(-c3ccccc3Cl)ccc2s1. The van der Waals surface area contributed by atoms with E-state index in [-0.39, 0.29) is 0 Å². The quantitative estimate of drug-likeness (QED) is 0.591. The maximum Gasteiger partial charge on any atom is 0.0907 e. The molecule has 18 heavy (non-hydrogen) atoms. The first-order valence-electron chi connectivity index (χ1n) is 5.78. The zero-order valence-electron chi connectivity index (χ0n) is 10.2. The first kappa shape index (κ1) is 11.7. The summed E-state index contributed by atoms with van der Waals surface area (Å²) < 4.78 is 1.24. The van der Waals surface area contributed by atoms with Gasteiger partial charge in [-0.1, -0.05) is 35.9 Å². The van der Waals surface area contributed by atoms with Gasteiger partial charge < -0.3 is 0 Å². The fraction of sp³-hybridized carbons (Fsp3) is 0.133. The number of hydrogen-bond acceptors (Lipinski definition) is 2. The molecule has 0 N–H and O–H groups in total. The van der Waals surface area contributed by atoms with Gasteiger partial charge in [0, 0.05) is 10.6 Å². The third kappa shape index (κ3) is 1.82. The van der Waals surface area contributed by atoms with Crippen molar-refractivity contribution < 1.29 is 0 Å². The second-order valence-electron chi connectivity index (χ2n) is 4.30. The molecule has 90 valence electrons. The van der Waals surface area contributed by atoms with Crippen molar-refractivity contribution in [3.05, 3.63) is 52.0 Å². The minimum atomic E-state index is 0.784. The Hall–Kier alpha value is -1.38. The molecule has 0 aliphatic heterocycles. The highest BCUT2D eigenvalue weighted by atomic mass is 35.5. The van der Waals surface area contributed by atoms with E-state index in [1.807, 2.05) is 25.1 Å². The zero-order valence-corrected chi connectivity index (χ0v) is 11.8. The maximum absolute atomic E-state index is 6.27. The molecule has 0 aliphatic rings. The number of hydrogen-bond donors (Lipinski definition) is 0. The molecular formula is C15H12ClNS. The largest absolute Gasteiger partial charge is 0.241 e. The molecule has 0 radical (unpaired) electrons. The molecule has 0 spiro atoms. The van der Waals surface area contributed by atoms with Gasteiger partial charge >= 0.3 is 0 Å². The molecule has 1 nitrogen and oxygen atoms in total. The molecule has 0 atom stereocenters. The lowest BCUT2D eigenvalue weighted by atomic mass is 10.00. The molecule has 0 saturated carbocycles. The highest BCUT2D eigenvalue weighted by molar-refractivity contribution is 7.18. The number of nitrogens with zero attached hydrogens (tertiary/aromatic N) is 1. The van der Waals surface area contributed by atoms with Crippen LogP contribution in [0.15, 0.2) is 36.4 Å². The van der Waals surface area contributed by atoms with Gasteiger partial charge in [-0.15, -0.1) is 11.3 Å². The molecule has 3 aromatic rings. The Balaban J connectivity index is 2.30. The van der Waals surface area contributed by atoms with Crippen LogP contribution < -0.4 is 0 Å². The number of aryl methyl sites for hydroxylation is 2. The molecule has 1 aromatic heterocycles. The van der Waals surface area contributed by atoms with Crippen LogP contribution in [-0.4, -0.2) is 4.98 Å². The van der Waals surface area contributed by atoms with Crippen LogP contribution in [0.2, 0.25) is 5.02 Å². The summed E-state index contributed by atoms with van der Waals surface area (Å²) in [6, 6.07) is 12.2. The lowest BCUT2D eigenvalue weighted by Gasteiger charge is -2.08. The molecule has 0 unspecified atom stereocenters. The number of thiazole rings is 1. The van der Waals surface area contributed by atoms with Crippen molar-refractivity contribution >= 4 is 33.2 Å². The fourth-order valence-corrected chi connectivity index (χ4v) is 3.33. The average molecular weight is 274 g/mol. The normalized spacial score (nSPS) is 11.1. The van der Waals surface area contributed by atoms with Crippen LogP contribution in [0, 0.1) is 13.8 Å². The van der Waals surface area contributed by atoms with Crippen LogP contribution in [-0.2, 0) is 0 Å². The van der Waals surface area contributed by atoms with Gasteiger partial charge in [0.15, 0.2) is 0 Å². The highest BCUT2D eigenvalue weighted by Crippen LogP contribution is 2.35. The van der Waals surface area contributed by atoms with E-state index in [0.29, 0.717) is 0 Å². The van der Waals surface area contributed by atoms with E-state index in [2.05, 4.69) is 30.1 Å². The van der Waals surface area contributed by atoms with Crippen molar-refractivity contribution in [3.63, 3.8) is 0 Å². The monoisotopic (exact) mass is 273 g/mol. The van der Waals surface area contributed by atoms with Crippen LogP contribution in [0.25, 0.3) is 21.3 Å². The molecule has 0 amide bonds. The van der Waals surface area contributed by atoms with E-state index < -0.39 is 0 Å². The Morgan fingerprint density at radius 3 is 2.56 bits per heavy atom. The van der Waals surface area contributed by atoms with Gasteiger partial charge in [0.05, 0.1) is 15.2 Å². The number of halogens is 1. The van der Waals surface area contributed by atoms with Crippen LogP contribution >= 0.6 is 22.9 Å². The summed E-state index contributed by atoms with van der Waals surface area (Å²) in [6.07, 6.45) is 0. The average Bonchev–Trinajstić information content (AvgIpc) is 2.73. The summed E-state index contributed by atoms with van der Waals surface area (Å²) in [7, 11) is 0. The molecule has 3 rings (SSSR count). The zero-order chi connectivity index (χ0) is 12.7. The second kappa shape index (κ2) is 4.38. The summed E-state index contributed by atoms with van der Waals surface area (Å²) in [4.78, 5) is 4.60. The van der Waals surface area contributed by atoms with E-state index in [1.165, 1.54) is 15.8 Å². The van der Waals surface area contributed by atoms with Gasteiger partial charge in [-0.05, 0) is 37.1 Å². The Bertz CT molecular complexity index is 730. The minimum Gasteiger partial charge on any atom is -0.241 e. The van der Waals surface area contributed by atoms with E-state index in [9.17, 15) is 0 Å². The van der Waals surface area contributed by atoms with Gasteiger partial charge in [0.1, 0.15) is 0 Å². The second-order valence-corrected chi connectivity index (χ2v) is 5.94. The standard InChI is InChI=1S/C15H12ClNS/c1-9-11(12-5-3-4-6-13(12)16)7-8-14-15(9)17-10(2)18-14/h3-8H,1-2H3. The molecule has 0 bridgehead atoms. The van der Waals surface area contributed by atoms with Crippen molar-refractivity contribution in [2.24, 2.45) is 0 Å². The minimum absolute atomic E-state index is 0.784. The highest BCUT2D eigenvalue weighted by Gasteiger charge is 2.11. The Morgan fingerprint density at radius 2 is 1.78 bits per heavy atom. The number of benzene rings is 2. The number of fused-ring (bicyclic) bond motifs is 1. The summed E-state index contributed by atoms with van der Waals surface area (Å²) in [5.41, 5.74) is 4.53. The summed E-state index contributed by atoms with van der Waals surface area (Å²) in [6.45, 7) is 4.15. The summed E-state index contributed by atoms with van der Waals surface area (Å²) >= 11 is 8.00. The first-order chi connectivity index (χ1) is 8.66. The van der Waals surface area contributed by atoms with Gasteiger partial charge in [-0.25, -0.2) is 4.98 Å². The Morgan fingerprint density at radius 1 is 1.00 bits per heavy atom. The smallest absolute Gasteiger partial charge is 0.0907 e. The maximum atomic E-state index is 6.27. The van der Waals surface area contributed by atoms with Crippen molar-refractivity contribution in [3.8, 4) is 11.1 Å². The van der Waals surface area contributed by atoms with E-state index in [0.717, 1.165) is 21.1 Å². The molecule has 3 heteroatoms. The van der Waals surface area contributed by atoms with E-state index in [4.69, 9.17) is 11.6 Å². The number of rotatable bonds is 1. The van der Waals surface area contributed by atoms with Gasteiger partial charge in [-0.3, -0.25) is 0 Å². The van der Waals surface area contributed by atoms with Crippen molar-refractivity contribution in [1.82, 2.24) is 4.98 Å². The molecule has 1 heterocycles. The molecule has 0 saturated heterocycles. The fourth-order valence-electron chi connectivity index (χ4n) is 2.21. The van der Waals surface area contributed by atoms with Crippen molar-refractivity contribution in [2.45, 2.75) is 13.8 Å². The predicted octanol–water partition coefficient (Wildman–Crippen LogP) is 5.23. The molecular weight excluding hydrogens is 262 g/mol. The van der Waals surface area contributed by atoms with Gasteiger partial charge in [-0.2, -0.15) is 0 Å². The third-order valence-electron chi connectivity index (χ3n) is 3.08. The van der Waals surface area contributed by atoms with Gasteiger partial charge in [0.25, 0.3) is 0 Å². The van der Waals surface area contributed by atoms with E-state index in [1.54, 1.807) is 11.3 Å². The third-order valence-corrected chi connectivity index (χ3v) is 4.35. The molecule has 0 fully saturated rings. The summed E-state index contributed by atoms with van der Waals surface area (Å²) in [5, 5.41) is 1.89. The number of aromatic nitrogens is 1. The Kier molecular flexibility index (Phi) is 2.84. The lowest BCUT2D eigenvalue weighted by Crippen LogP contribution is -1.86. The predicted molar refractivity (Wildman–Crippen MR) is 79.5 cm³/mol. The summed E-state index contributed by atoms with van der Waals surface area (Å²) in [5.74, 6) is 0. The van der Waals surface area contributed by atoms with Crippen molar-refractivity contribution in [2.75, 3.05) is 0 Å². The van der Waals surface area contributed by atoms with Crippen LogP contribution in [0.5, 0.6) is 0 Å². The van der Waals surface area contributed by atoms with Crippen LogP contribution in [0.4, 0.5) is 0 Å². The lowest BCUT2D eigenvalue weighted by molar-refractivity contribution is 1.32.